The van der Waals surface area contributed by atoms with Gasteiger partial charge >= 0.3 is 5.97 Å². The zero-order chi connectivity index (χ0) is 54.9. The largest absolute Gasteiger partial charge is 0.508 e. The molecule has 3 atom stereocenters. The number of carbonyl (C=O) groups is 3. The van der Waals surface area contributed by atoms with E-state index in [1.165, 1.54) is 30.3 Å². The average molecular weight is 1070 g/mol. The number of nitrogens with zero attached hydrogens (tertiary/aromatic N) is 13. The lowest BCUT2D eigenvalue weighted by Gasteiger charge is -2.38. The number of aromatic hydroxyl groups is 1. The smallest absolute Gasteiger partial charge is 0.336 e. The van der Waals surface area contributed by atoms with Crippen LogP contribution < -0.4 is 32.0 Å². The Bertz CT molecular complexity index is 3230. The van der Waals surface area contributed by atoms with Crippen molar-refractivity contribution in [2.24, 2.45) is 11.5 Å². The van der Waals surface area contributed by atoms with E-state index in [4.69, 9.17) is 30.8 Å². The average Bonchev–Trinajstić information content (AvgIpc) is 4.21. The van der Waals surface area contributed by atoms with Gasteiger partial charge in [-0.1, -0.05) is 29.8 Å². The van der Waals surface area contributed by atoms with Gasteiger partial charge in [-0.25, -0.2) is 14.2 Å². The molecular formula is C54H68N16O8. The van der Waals surface area contributed by atoms with Gasteiger partial charge in [-0.2, -0.15) is 15.0 Å². The fourth-order valence-corrected chi connectivity index (χ4v) is 10.2. The summed E-state index contributed by atoms with van der Waals surface area (Å²) in [6, 6.07) is 12.6. The van der Waals surface area contributed by atoms with Crippen LogP contribution in [0.1, 0.15) is 99.0 Å². The minimum Gasteiger partial charge on any atom is -0.508 e. The van der Waals surface area contributed by atoms with Crippen molar-refractivity contribution in [3.05, 3.63) is 94.2 Å². The predicted octanol–water partition coefficient (Wildman–Crippen LogP) is 4.38. The molecule has 0 saturated carbocycles. The lowest BCUT2D eigenvalue weighted by atomic mass is 9.90. The number of piperazine rings is 2. The van der Waals surface area contributed by atoms with Gasteiger partial charge < -0.3 is 56.1 Å². The van der Waals surface area contributed by atoms with Gasteiger partial charge in [0.25, 0.3) is 0 Å². The summed E-state index contributed by atoms with van der Waals surface area (Å²) in [5, 5.41) is 52.2. The summed E-state index contributed by atoms with van der Waals surface area (Å²) in [6.07, 6.45) is 10.1. The van der Waals surface area contributed by atoms with Gasteiger partial charge in [-0.05, 0) is 113 Å². The standard InChI is InChI=1S/C54H68N16O8/c1-3-4-9-36-32-69(63-61-36)44(10-5-7-18-55)49(74)65-20-24-67(25-21-65)53-58-52(59-54(60-53)68-26-22-66(23-27-68)50(75)45(11-6-8-19-56)70-33-37(62-64-70)28-34(2)71)57-35-12-15-40(43(29-35)51(76)77)48-41-16-13-38(72)30-46(41)78-47-31-39(73)14-17-42(47)48/h12-17,29-34,44-45,71-72H,3-11,18-28,55-56H2,1-2H3,(H,76,77)(H,57,58,59,60)/t34?,44-,45-/m0/s1. The molecule has 0 radical (unpaired) electrons. The van der Waals surface area contributed by atoms with E-state index in [0.29, 0.717) is 136 Å². The van der Waals surface area contributed by atoms with Gasteiger partial charge in [0.2, 0.25) is 29.7 Å². The Morgan fingerprint density at radius 3 is 1.88 bits per heavy atom. The van der Waals surface area contributed by atoms with Gasteiger partial charge in [-0.3, -0.25) is 14.4 Å². The normalized spacial score (nSPS) is 15.2. The van der Waals surface area contributed by atoms with Crippen molar-refractivity contribution >= 4 is 52.3 Å². The SMILES string of the molecule is CCCCc1cn([C@@H](CCCCN)C(=O)N2CCN(c3nc(Nc4ccc(-c5c6ccc(=O)cc-6oc6cc(O)ccc56)c(C(=O)O)c4)nc(N4CCN(C(=O)[C@H](CCCCN)n5cc(CC(C)O)nn5)CC4)n3)CC2)nn1. The first kappa shape index (κ1) is 54.7. The van der Waals surface area contributed by atoms with Gasteiger partial charge in [0.05, 0.1) is 23.1 Å². The highest BCUT2D eigenvalue weighted by Crippen LogP contribution is 2.43. The van der Waals surface area contributed by atoms with E-state index < -0.39 is 24.2 Å². The molecule has 2 saturated heterocycles. The third-order valence-electron chi connectivity index (χ3n) is 14.3. The van der Waals surface area contributed by atoms with Gasteiger partial charge in [0.15, 0.2) is 5.43 Å². The first-order chi connectivity index (χ1) is 37.8. The number of phenols is 1. The van der Waals surface area contributed by atoms with Crippen LogP contribution >= 0.6 is 0 Å². The van der Waals surface area contributed by atoms with Crippen molar-refractivity contribution in [2.45, 2.75) is 96.2 Å². The molecule has 0 bridgehead atoms. The van der Waals surface area contributed by atoms with Crippen LogP contribution in [0.5, 0.6) is 5.75 Å². The molecule has 24 nitrogen and oxygen atoms in total. The number of aromatic carboxylic acids is 1. The highest BCUT2D eigenvalue weighted by molar-refractivity contribution is 6.08. The second kappa shape index (κ2) is 24.9. The molecule has 0 spiro atoms. The Balaban J connectivity index is 0.999. The first-order valence-corrected chi connectivity index (χ1v) is 26.9. The van der Waals surface area contributed by atoms with Crippen LogP contribution in [0.4, 0.5) is 23.5 Å². The number of carboxylic acid groups (broad SMARTS) is 1. The number of nitrogens with one attached hydrogen (secondary N) is 1. The molecule has 4 aliphatic rings. The van der Waals surface area contributed by atoms with E-state index >= 15 is 0 Å². The summed E-state index contributed by atoms with van der Waals surface area (Å²) in [4.78, 5) is 76.7. The Hall–Kier alpha value is -8.09. The number of unbranched alkanes of at least 4 members (excludes halogenated alkanes) is 3. The van der Waals surface area contributed by atoms with Crippen molar-refractivity contribution in [3.63, 3.8) is 0 Å². The van der Waals surface area contributed by atoms with E-state index in [1.54, 1.807) is 51.6 Å². The number of aliphatic hydroxyl groups excluding tert-OH is 1. The number of aliphatic hydroxyl groups is 1. The van der Waals surface area contributed by atoms with Gasteiger partial charge in [-0.15, -0.1) is 10.2 Å². The number of nitrogens with two attached hydrogens (primary N) is 2. The minimum atomic E-state index is -1.22. The fourth-order valence-electron chi connectivity index (χ4n) is 10.2. The molecule has 9 rings (SSSR count). The van der Waals surface area contributed by atoms with E-state index in [1.807, 2.05) is 20.9 Å². The number of benzene rings is 3. The summed E-state index contributed by atoms with van der Waals surface area (Å²) in [5.41, 5.74) is 14.7. The zero-order valence-corrected chi connectivity index (χ0v) is 44.1. The van der Waals surface area contributed by atoms with E-state index in [2.05, 4.69) is 32.9 Å². The first-order valence-electron chi connectivity index (χ1n) is 26.9. The third kappa shape index (κ3) is 12.7. The monoisotopic (exact) mass is 1070 g/mol. The summed E-state index contributed by atoms with van der Waals surface area (Å²) in [7, 11) is 0. The Morgan fingerprint density at radius 2 is 1.31 bits per heavy atom. The van der Waals surface area contributed by atoms with E-state index in [9.17, 15) is 34.5 Å². The molecule has 24 heteroatoms. The van der Waals surface area contributed by atoms with Crippen LogP contribution in [0.25, 0.3) is 33.4 Å². The second-order valence-electron chi connectivity index (χ2n) is 20.0. The van der Waals surface area contributed by atoms with Crippen LogP contribution in [-0.4, -0.2) is 159 Å². The molecule has 3 aromatic heterocycles. The number of carboxylic acids is 1. The van der Waals surface area contributed by atoms with Crippen molar-refractivity contribution in [3.8, 4) is 28.2 Å². The number of hydrogen-bond acceptors (Lipinski definition) is 19. The second-order valence-corrected chi connectivity index (χ2v) is 20.0. The van der Waals surface area contributed by atoms with Crippen molar-refractivity contribution < 1.29 is 34.1 Å². The lowest BCUT2D eigenvalue weighted by molar-refractivity contribution is -0.136. The molecule has 78 heavy (non-hydrogen) atoms. The maximum absolute atomic E-state index is 14.3. The number of anilines is 4. The Labute approximate surface area is 450 Å². The summed E-state index contributed by atoms with van der Waals surface area (Å²) < 4.78 is 9.32. The molecule has 2 fully saturated rings. The summed E-state index contributed by atoms with van der Waals surface area (Å²) >= 11 is 0. The number of aromatic nitrogens is 9. The van der Waals surface area contributed by atoms with Gasteiger partial charge in [0, 0.05) is 106 Å². The number of fused-ring (bicyclic) bond motifs is 2. The number of carbonyl (C=O) groups excluding carboxylic acids is 2. The highest BCUT2D eigenvalue weighted by atomic mass is 16.4. The molecule has 1 unspecified atom stereocenters. The molecule has 2 aromatic carbocycles. The van der Waals surface area contributed by atoms with Crippen LogP contribution in [-0.2, 0) is 22.4 Å². The summed E-state index contributed by atoms with van der Waals surface area (Å²) in [5.74, 6) is -0.412. The van der Waals surface area contributed by atoms with Crippen LogP contribution in [0, 0.1) is 0 Å². The minimum absolute atomic E-state index is 0.0489. The number of phenolic OH excluding ortho intramolecular Hbond substituents is 1. The van der Waals surface area contributed by atoms with Crippen LogP contribution in [0.3, 0.4) is 0 Å². The zero-order valence-electron chi connectivity index (χ0n) is 44.1. The maximum Gasteiger partial charge on any atom is 0.336 e. The summed E-state index contributed by atoms with van der Waals surface area (Å²) in [6.45, 7) is 7.80. The van der Waals surface area contributed by atoms with Crippen molar-refractivity contribution in [2.75, 3.05) is 80.6 Å². The maximum atomic E-state index is 14.3. The quantitative estimate of drug-likeness (QED) is 0.0382. The number of amides is 2. The van der Waals surface area contributed by atoms with Crippen molar-refractivity contribution in [1.29, 1.82) is 0 Å². The number of rotatable bonds is 23. The highest BCUT2D eigenvalue weighted by Gasteiger charge is 2.34. The van der Waals surface area contributed by atoms with E-state index in [0.717, 1.165) is 44.2 Å². The molecule has 3 aliphatic heterocycles. The number of aryl methyl sites for hydroxylation is 1. The third-order valence-corrected chi connectivity index (χ3v) is 14.3. The molecule has 412 valence electrons. The number of hydrogen-bond donors (Lipinski definition) is 6. The van der Waals surface area contributed by atoms with E-state index in [-0.39, 0.29) is 45.8 Å². The van der Waals surface area contributed by atoms with Gasteiger partial charge in [0.1, 0.15) is 29.2 Å². The predicted molar refractivity (Wildman–Crippen MR) is 292 cm³/mol. The molecule has 8 N–H and O–H groups in total. The topological polar surface area (TPSA) is 319 Å². The van der Waals surface area contributed by atoms with Crippen LogP contribution in [0.15, 0.2) is 76.2 Å². The molecular weight excluding hydrogens is 1000 g/mol. The lowest BCUT2D eigenvalue weighted by Crippen LogP contribution is -2.52. The molecule has 6 heterocycles. The van der Waals surface area contributed by atoms with Crippen LogP contribution in [0.2, 0.25) is 0 Å². The fraction of sp³-hybridized carbons (Fsp3) is 0.463. The Morgan fingerprint density at radius 1 is 0.718 bits per heavy atom. The molecule has 5 aromatic rings. The van der Waals surface area contributed by atoms with Crippen molar-refractivity contribution in [1.82, 2.24) is 54.7 Å². The molecule has 2 amide bonds. The molecule has 1 aliphatic carbocycles. The Kier molecular flexibility index (Phi) is 17.5.